The molecular weight excluding hydrogens is 278 g/mol. The topological polar surface area (TPSA) is 64.6 Å². The summed E-state index contributed by atoms with van der Waals surface area (Å²) in [4.78, 5) is 23.6. The zero-order valence-electron chi connectivity index (χ0n) is 11.9. The van der Waals surface area contributed by atoms with E-state index in [1.54, 1.807) is 33.1 Å². The number of anilines is 1. The average molecular weight is 295 g/mol. The van der Waals surface area contributed by atoms with Crippen LogP contribution >= 0.6 is 11.3 Å². The van der Waals surface area contributed by atoms with Crippen molar-refractivity contribution in [2.24, 2.45) is 0 Å². The van der Waals surface area contributed by atoms with Gasteiger partial charge >= 0.3 is 12.1 Å². The van der Waals surface area contributed by atoms with Gasteiger partial charge in [-0.2, -0.15) is 0 Å². The highest BCUT2D eigenvalue weighted by Gasteiger charge is 2.23. The van der Waals surface area contributed by atoms with E-state index in [4.69, 9.17) is 15.9 Å². The van der Waals surface area contributed by atoms with Crippen LogP contribution in [0.5, 0.6) is 0 Å². The second-order valence-electron chi connectivity index (χ2n) is 4.85. The van der Waals surface area contributed by atoms with Crippen LogP contribution in [0.1, 0.15) is 43.6 Å². The molecule has 1 aromatic heterocycles. The number of carbonyl (C=O) groups excluding carboxylic acids is 2. The molecule has 0 atom stereocenters. The number of amides is 1. The van der Waals surface area contributed by atoms with Crippen LogP contribution in [0.2, 0.25) is 0 Å². The van der Waals surface area contributed by atoms with E-state index in [0.29, 0.717) is 10.6 Å². The lowest BCUT2D eigenvalue weighted by Gasteiger charge is -2.19. The van der Waals surface area contributed by atoms with E-state index in [2.05, 4.69) is 11.2 Å². The molecule has 5 nitrogen and oxygen atoms in total. The highest BCUT2D eigenvalue weighted by atomic mass is 32.1. The van der Waals surface area contributed by atoms with Crippen LogP contribution in [-0.4, -0.2) is 24.3 Å². The van der Waals surface area contributed by atoms with Crippen molar-refractivity contribution >= 4 is 28.4 Å². The minimum absolute atomic E-state index is 0.185. The van der Waals surface area contributed by atoms with Gasteiger partial charge in [-0.15, -0.1) is 17.8 Å². The predicted octanol–water partition coefficient (Wildman–Crippen LogP) is 3.25. The van der Waals surface area contributed by atoms with Gasteiger partial charge in [0, 0.05) is 5.38 Å². The fourth-order valence-corrected chi connectivity index (χ4v) is 2.23. The lowest BCUT2D eigenvalue weighted by atomic mass is 10.2. The molecule has 0 aliphatic carbocycles. The fraction of sp³-hybridized carbons (Fsp3) is 0.429. The molecule has 108 valence electrons. The zero-order chi connectivity index (χ0) is 15.3. The third-order valence-corrected chi connectivity index (χ3v) is 2.94. The Morgan fingerprint density at radius 2 is 2.10 bits per heavy atom. The van der Waals surface area contributed by atoms with Gasteiger partial charge in [0.05, 0.1) is 12.2 Å². The van der Waals surface area contributed by atoms with Crippen LogP contribution in [0, 0.1) is 12.3 Å². The Balaban J connectivity index is 2.97. The quantitative estimate of drug-likeness (QED) is 0.686. The van der Waals surface area contributed by atoms with Crippen molar-refractivity contribution in [3.63, 3.8) is 0 Å². The summed E-state index contributed by atoms with van der Waals surface area (Å²) in [6.07, 6.45) is 4.69. The van der Waals surface area contributed by atoms with Crippen LogP contribution < -0.4 is 5.32 Å². The second kappa shape index (κ2) is 6.44. The molecule has 0 aliphatic rings. The molecule has 20 heavy (non-hydrogen) atoms. The van der Waals surface area contributed by atoms with E-state index >= 15 is 0 Å². The minimum Gasteiger partial charge on any atom is -0.462 e. The number of ether oxygens (including phenoxy) is 2. The zero-order valence-corrected chi connectivity index (χ0v) is 12.7. The normalized spacial score (nSPS) is 10.6. The molecule has 1 amide bonds. The van der Waals surface area contributed by atoms with Gasteiger partial charge in [-0.1, -0.05) is 5.92 Å². The van der Waals surface area contributed by atoms with Gasteiger partial charge in [0.2, 0.25) is 0 Å². The fourth-order valence-electron chi connectivity index (χ4n) is 1.36. The van der Waals surface area contributed by atoms with Gasteiger partial charge in [0.15, 0.2) is 0 Å². The number of esters is 1. The molecule has 0 saturated heterocycles. The smallest absolute Gasteiger partial charge is 0.412 e. The molecule has 0 radical (unpaired) electrons. The monoisotopic (exact) mass is 295 g/mol. The molecule has 0 spiro atoms. The number of rotatable bonds is 3. The molecule has 1 N–H and O–H groups in total. The first-order chi connectivity index (χ1) is 9.28. The Hall–Kier alpha value is -2.00. The van der Waals surface area contributed by atoms with Gasteiger partial charge < -0.3 is 9.47 Å². The van der Waals surface area contributed by atoms with Gasteiger partial charge in [-0.3, -0.25) is 5.32 Å². The minimum atomic E-state index is -0.645. The molecular formula is C14H17NO4S. The maximum absolute atomic E-state index is 11.9. The van der Waals surface area contributed by atoms with Crippen LogP contribution in [0.15, 0.2) is 5.38 Å². The standard InChI is InChI=1S/C14H17NO4S/c1-6-9-8-20-11(10(9)12(16)18-7-2)15-13(17)19-14(3,4)5/h1,8H,7H2,2-5H3,(H,15,17). The van der Waals surface area contributed by atoms with Gasteiger partial charge in [0.1, 0.15) is 16.2 Å². The average Bonchev–Trinajstić information content (AvgIpc) is 2.69. The highest BCUT2D eigenvalue weighted by Crippen LogP contribution is 2.29. The Bertz CT molecular complexity index is 549. The summed E-state index contributed by atoms with van der Waals surface area (Å²) in [5, 5.41) is 4.46. The van der Waals surface area contributed by atoms with Crippen molar-refractivity contribution in [3.05, 3.63) is 16.5 Å². The largest absolute Gasteiger partial charge is 0.462 e. The number of nitrogens with one attached hydrogen (secondary N) is 1. The van der Waals surface area contributed by atoms with Crippen LogP contribution in [0.3, 0.4) is 0 Å². The van der Waals surface area contributed by atoms with Crippen LogP contribution in [0.25, 0.3) is 0 Å². The first kappa shape index (κ1) is 16.1. The molecule has 0 aromatic carbocycles. The maximum atomic E-state index is 11.9. The SMILES string of the molecule is C#Cc1csc(NC(=O)OC(C)(C)C)c1C(=O)OCC. The lowest BCUT2D eigenvalue weighted by molar-refractivity contribution is 0.0528. The van der Waals surface area contributed by atoms with Crippen molar-refractivity contribution < 1.29 is 19.1 Å². The van der Waals surface area contributed by atoms with Crippen molar-refractivity contribution in [2.75, 3.05) is 11.9 Å². The highest BCUT2D eigenvalue weighted by molar-refractivity contribution is 7.15. The Kier molecular flexibility index (Phi) is 5.17. The summed E-state index contributed by atoms with van der Waals surface area (Å²) in [5.41, 5.74) is -0.0508. The maximum Gasteiger partial charge on any atom is 0.412 e. The molecule has 0 fully saturated rings. The summed E-state index contributed by atoms with van der Waals surface area (Å²) in [5.74, 6) is 1.83. The van der Waals surface area contributed by atoms with Gasteiger partial charge in [-0.25, -0.2) is 9.59 Å². The molecule has 0 bridgehead atoms. The van der Waals surface area contributed by atoms with E-state index in [1.807, 2.05) is 0 Å². The molecule has 1 aromatic rings. The Labute approximate surface area is 122 Å². The number of terminal acetylenes is 1. The van der Waals surface area contributed by atoms with Crippen LogP contribution in [0.4, 0.5) is 9.80 Å². The molecule has 0 aliphatic heterocycles. The molecule has 0 unspecified atom stereocenters. The van der Waals surface area contributed by atoms with Gasteiger partial charge in [0.25, 0.3) is 0 Å². The number of carbonyl (C=O) groups is 2. The number of thiophene rings is 1. The van der Waals surface area contributed by atoms with E-state index in [9.17, 15) is 9.59 Å². The predicted molar refractivity (Wildman–Crippen MR) is 78.1 cm³/mol. The van der Waals surface area contributed by atoms with Crippen molar-refractivity contribution in [1.82, 2.24) is 0 Å². The summed E-state index contributed by atoms with van der Waals surface area (Å²) >= 11 is 1.15. The molecule has 0 saturated carbocycles. The van der Waals surface area contributed by atoms with Crippen molar-refractivity contribution in [3.8, 4) is 12.3 Å². The van der Waals surface area contributed by atoms with Crippen molar-refractivity contribution in [2.45, 2.75) is 33.3 Å². The third-order valence-electron chi connectivity index (χ3n) is 2.04. The number of hydrogen-bond acceptors (Lipinski definition) is 5. The molecule has 6 heteroatoms. The number of hydrogen-bond donors (Lipinski definition) is 1. The Morgan fingerprint density at radius 1 is 1.45 bits per heavy atom. The Morgan fingerprint density at radius 3 is 2.60 bits per heavy atom. The van der Waals surface area contributed by atoms with Gasteiger partial charge in [-0.05, 0) is 27.7 Å². The summed E-state index contributed by atoms with van der Waals surface area (Å²) in [6.45, 7) is 7.17. The van der Waals surface area contributed by atoms with E-state index < -0.39 is 17.7 Å². The first-order valence-electron chi connectivity index (χ1n) is 6.03. The summed E-state index contributed by atoms with van der Waals surface area (Å²) in [7, 11) is 0. The van der Waals surface area contributed by atoms with E-state index in [1.165, 1.54) is 0 Å². The van der Waals surface area contributed by atoms with Crippen LogP contribution in [-0.2, 0) is 9.47 Å². The summed E-state index contributed by atoms with van der Waals surface area (Å²) < 4.78 is 10.1. The third kappa shape index (κ3) is 4.28. The lowest BCUT2D eigenvalue weighted by Crippen LogP contribution is -2.27. The molecule has 1 rings (SSSR count). The van der Waals surface area contributed by atoms with E-state index in [-0.39, 0.29) is 12.2 Å². The van der Waals surface area contributed by atoms with Crippen molar-refractivity contribution in [1.29, 1.82) is 0 Å². The van der Waals surface area contributed by atoms with E-state index in [0.717, 1.165) is 11.3 Å². The second-order valence-corrected chi connectivity index (χ2v) is 5.72. The summed E-state index contributed by atoms with van der Waals surface area (Å²) in [6, 6.07) is 0. The first-order valence-corrected chi connectivity index (χ1v) is 6.91. The molecule has 1 heterocycles.